The Bertz CT molecular complexity index is 634. The van der Waals surface area contributed by atoms with E-state index in [2.05, 4.69) is 26.0 Å². The molecule has 1 aliphatic rings. The minimum atomic E-state index is -3.57. The minimum absolute atomic E-state index is 0.121. The normalized spacial score (nSPS) is 19.1. The van der Waals surface area contributed by atoms with Gasteiger partial charge in [-0.15, -0.1) is 0 Å². The zero-order valence-corrected chi connectivity index (χ0v) is 14.0. The molecule has 2 N–H and O–H groups in total. The van der Waals surface area contributed by atoms with Crippen LogP contribution in [-0.2, 0) is 10.0 Å². The van der Waals surface area contributed by atoms with Crippen LogP contribution in [0.3, 0.4) is 0 Å². The number of nitriles is 1. The van der Waals surface area contributed by atoms with Crippen molar-refractivity contribution in [2.24, 2.45) is 5.92 Å². The van der Waals surface area contributed by atoms with Crippen molar-refractivity contribution in [2.75, 3.05) is 19.6 Å². The maximum Gasteiger partial charge on any atom is 0.240 e. The fraction of sp³-hybridized carbons (Fsp3) is 0.500. The Labute approximate surface area is 133 Å². The molecule has 21 heavy (non-hydrogen) atoms. The van der Waals surface area contributed by atoms with E-state index in [0.717, 1.165) is 32.4 Å². The average Bonchev–Trinajstić information content (AvgIpc) is 2.47. The third kappa shape index (κ3) is 4.78. The predicted molar refractivity (Wildman–Crippen MR) is 84.3 cm³/mol. The smallest absolute Gasteiger partial charge is 0.240 e. The van der Waals surface area contributed by atoms with Crippen molar-refractivity contribution in [1.82, 2.24) is 10.0 Å². The summed E-state index contributed by atoms with van der Waals surface area (Å²) in [5.41, 5.74) is 0.321. The number of nitrogens with zero attached hydrogens (tertiary/aromatic N) is 1. The summed E-state index contributed by atoms with van der Waals surface area (Å²) < 4.78 is 27.7. The first kappa shape index (κ1) is 16.4. The van der Waals surface area contributed by atoms with Gasteiger partial charge in [0, 0.05) is 11.0 Å². The van der Waals surface area contributed by atoms with E-state index in [4.69, 9.17) is 5.26 Å². The third-order valence-electron chi connectivity index (χ3n) is 3.55. The van der Waals surface area contributed by atoms with Gasteiger partial charge in [-0.05, 0) is 56.5 Å². The van der Waals surface area contributed by atoms with E-state index in [9.17, 15) is 8.42 Å². The van der Waals surface area contributed by atoms with Gasteiger partial charge in [0.25, 0.3) is 0 Å². The number of hydrogen-bond acceptors (Lipinski definition) is 4. The van der Waals surface area contributed by atoms with Crippen LogP contribution in [0.4, 0.5) is 0 Å². The SMILES string of the molecule is N#Cc1cc(Br)cc(S(=O)(=O)NCCC2CCCNC2)c1. The number of halogens is 1. The summed E-state index contributed by atoms with van der Waals surface area (Å²) in [5, 5.41) is 12.2. The molecule has 0 saturated carbocycles. The summed E-state index contributed by atoms with van der Waals surface area (Å²) in [6.07, 6.45) is 3.12. The van der Waals surface area contributed by atoms with Gasteiger partial charge < -0.3 is 5.32 Å². The Kier molecular flexibility index (Phi) is 5.76. The van der Waals surface area contributed by atoms with Gasteiger partial charge in [0.15, 0.2) is 0 Å². The van der Waals surface area contributed by atoms with Crippen LogP contribution in [0.1, 0.15) is 24.8 Å². The van der Waals surface area contributed by atoms with Gasteiger partial charge in [-0.3, -0.25) is 0 Å². The van der Waals surface area contributed by atoms with E-state index in [1.54, 1.807) is 6.07 Å². The number of nitrogens with one attached hydrogen (secondary N) is 2. The van der Waals surface area contributed by atoms with Crippen molar-refractivity contribution in [3.63, 3.8) is 0 Å². The molecular formula is C14H18BrN3O2S. The number of benzene rings is 1. The zero-order chi connectivity index (χ0) is 15.3. The highest BCUT2D eigenvalue weighted by molar-refractivity contribution is 9.10. The van der Waals surface area contributed by atoms with E-state index < -0.39 is 10.0 Å². The topological polar surface area (TPSA) is 82.0 Å². The van der Waals surface area contributed by atoms with Crippen LogP contribution in [0.15, 0.2) is 27.6 Å². The van der Waals surface area contributed by atoms with Crippen molar-refractivity contribution in [2.45, 2.75) is 24.2 Å². The van der Waals surface area contributed by atoms with Gasteiger partial charge in [0.1, 0.15) is 0 Å². The van der Waals surface area contributed by atoms with Gasteiger partial charge >= 0.3 is 0 Å². The van der Waals surface area contributed by atoms with E-state index in [0.29, 0.717) is 22.5 Å². The summed E-state index contributed by atoms with van der Waals surface area (Å²) in [6, 6.07) is 6.44. The number of piperidine rings is 1. The Morgan fingerprint density at radius 1 is 1.43 bits per heavy atom. The third-order valence-corrected chi connectivity index (χ3v) is 5.45. The van der Waals surface area contributed by atoms with E-state index in [1.807, 2.05) is 6.07 Å². The van der Waals surface area contributed by atoms with Crippen LogP contribution in [0.5, 0.6) is 0 Å². The number of rotatable bonds is 5. The second kappa shape index (κ2) is 7.36. The Balaban J connectivity index is 1.98. The molecule has 7 heteroatoms. The van der Waals surface area contributed by atoms with E-state index in [1.165, 1.54) is 12.1 Å². The lowest BCUT2D eigenvalue weighted by molar-refractivity contribution is 0.358. The molecule has 1 aliphatic heterocycles. The Morgan fingerprint density at radius 2 is 2.24 bits per heavy atom. The summed E-state index contributed by atoms with van der Waals surface area (Å²) in [6.45, 7) is 2.43. The van der Waals surface area contributed by atoms with Crippen molar-refractivity contribution >= 4 is 26.0 Å². The highest BCUT2D eigenvalue weighted by Crippen LogP contribution is 2.19. The highest BCUT2D eigenvalue weighted by Gasteiger charge is 2.17. The molecule has 1 aromatic carbocycles. The highest BCUT2D eigenvalue weighted by atomic mass is 79.9. The van der Waals surface area contributed by atoms with Crippen LogP contribution in [0.2, 0.25) is 0 Å². The maximum atomic E-state index is 12.2. The number of hydrogen-bond donors (Lipinski definition) is 2. The van der Waals surface area contributed by atoms with Crippen molar-refractivity contribution in [1.29, 1.82) is 5.26 Å². The lowest BCUT2D eigenvalue weighted by atomic mass is 9.96. The second-order valence-electron chi connectivity index (χ2n) is 5.19. The standard InChI is InChI=1S/C14H18BrN3O2S/c15-13-6-12(9-16)7-14(8-13)21(19,20)18-5-3-11-2-1-4-17-10-11/h6-8,11,17-18H,1-5,10H2. The zero-order valence-electron chi connectivity index (χ0n) is 11.6. The molecule has 1 heterocycles. The van der Waals surface area contributed by atoms with Crippen molar-refractivity contribution < 1.29 is 8.42 Å². The number of sulfonamides is 1. The Morgan fingerprint density at radius 3 is 2.90 bits per heavy atom. The van der Waals surface area contributed by atoms with Crippen LogP contribution in [-0.4, -0.2) is 28.1 Å². The molecule has 1 aromatic rings. The first-order valence-electron chi connectivity index (χ1n) is 6.92. The van der Waals surface area contributed by atoms with Gasteiger partial charge in [0.05, 0.1) is 16.5 Å². The van der Waals surface area contributed by atoms with Gasteiger partial charge in [-0.2, -0.15) is 5.26 Å². The first-order chi connectivity index (χ1) is 10.0. The summed E-state index contributed by atoms with van der Waals surface area (Å²) in [5.74, 6) is 0.527. The predicted octanol–water partition coefficient (Wildman–Crippen LogP) is 1.99. The lowest BCUT2D eigenvalue weighted by Crippen LogP contribution is -2.33. The van der Waals surface area contributed by atoms with Gasteiger partial charge in [-0.25, -0.2) is 13.1 Å². The molecule has 114 valence electrons. The molecule has 0 bridgehead atoms. The van der Waals surface area contributed by atoms with Gasteiger partial charge in [0.2, 0.25) is 10.0 Å². The monoisotopic (exact) mass is 371 g/mol. The molecule has 0 aliphatic carbocycles. The Hall–Kier alpha value is -0.940. The molecule has 5 nitrogen and oxygen atoms in total. The fourth-order valence-electron chi connectivity index (χ4n) is 2.43. The molecule has 1 unspecified atom stereocenters. The van der Waals surface area contributed by atoms with Crippen LogP contribution < -0.4 is 10.0 Å². The lowest BCUT2D eigenvalue weighted by Gasteiger charge is -2.22. The molecule has 0 amide bonds. The van der Waals surface area contributed by atoms with Crippen LogP contribution in [0.25, 0.3) is 0 Å². The van der Waals surface area contributed by atoms with Crippen molar-refractivity contribution in [3.8, 4) is 6.07 Å². The summed E-state index contributed by atoms with van der Waals surface area (Å²) in [7, 11) is -3.57. The molecule has 0 radical (unpaired) electrons. The first-order valence-corrected chi connectivity index (χ1v) is 9.20. The second-order valence-corrected chi connectivity index (χ2v) is 7.87. The molecule has 1 saturated heterocycles. The maximum absolute atomic E-state index is 12.2. The quantitative estimate of drug-likeness (QED) is 0.828. The van der Waals surface area contributed by atoms with Crippen LogP contribution >= 0.6 is 15.9 Å². The summed E-state index contributed by atoms with van der Waals surface area (Å²) >= 11 is 3.23. The minimum Gasteiger partial charge on any atom is -0.316 e. The molecule has 2 rings (SSSR count). The largest absolute Gasteiger partial charge is 0.316 e. The average molecular weight is 372 g/mol. The van der Waals surface area contributed by atoms with Gasteiger partial charge in [-0.1, -0.05) is 15.9 Å². The van der Waals surface area contributed by atoms with Crippen LogP contribution in [0, 0.1) is 17.2 Å². The fourth-order valence-corrected chi connectivity index (χ4v) is 4.20. The summed E-state index contributed by atoms with van der Waals surface area (Å²) in [4.78, 5) is 0.121. The molecule has 0 spiro atoms. The van der Waals surface area contributed by atoms with Crippen molar-refractivity contribution in [3.05, 3.63) is 28.2 Å². The molecule has 0 aromatic heterocycles. The molecule has 1 fully saturated rings. The van der Waals surface area contributed by atoms with E-state index >= 15 is 0 Å². The molecular weight excluding hydrogens is 354 g/mol. The molecule has 1 atom stereocenters. The van der Waals surface area contributed by atoms with E-state index in [-0.39, 0.29) is 4.90 Å².